The Hall–Kier alpha value is -1.33. The zero-order valence-electron chi connectivity index (χ0n) is 13.3. The number of ether oxygens (including phenoxy) is 3. The lowest BCUT2D eigenvalue weighted by Gasteiger charge is -2.41. The van der Waals surface area contributed by atoms with Crippen molar-refractivity contribution in [1.29, 1.82) is 0 Å². The Morgan fingerprint density at radius 1 is 1.41 bits per heavy atom. The summed E-state index contributed by atoms with van der Waals surface area (Å²) in [7, 11) is 1.76. The molecule has 0 saturated carbocycles. The largest absolute Gasteiger partial charge is 0.486 e. The Morgan fingerprint density at radius 2 is 2.27 bits per heavy atom. The molecule has 1 fully saturated rings. The number of methoxy groups -OCH3 is 1. The third-order valence-corrected chi connectivity index (χ3v) is 4.44. The number of rotatable bonds is 4. The van der Waals surface area contributed by atoms with Crippen LogP contribution >= 0.6 is 0 Å². The highest BCUT2D eigenvalue weighted by Crippen LogP contribution is 2.34. The van der Waals surface area contributed by atoms with Crippen LogP contribution in [0.5, 0.6) is 11.5 Å². The van der Waals surface area contributed by atoms with E-state index in [4.69, 9.17) is 14.2 Å². The van der Waals surface area contributed by atoms with Gasteiger partial charge in [0.2, 0.25) is 0 Å². The van der Waals surface area contributed by atoms with E-state index in [0.717, 1.165) is 26.2 Å². The van der Waals surface area contributed by atoms with E-state index in [9.17, 15) is 4.39 Å². The SMILES string of the molecule is COC[C@@]1(C)CCCN(C[C@H]2COc3ccc(F)cc3O2)C1. The summed E-state index contributed by atoms with van der Waals surface area (Å²) in [6, 6.07) is 4.41. The number of fused-ring (bicyclic) bond motifs is 1. The van der Waals surface area contributed by atoms with E-state index >= 15 is 0 Å². The molecule has 0 radical (unpaired) electrons. The maximum absolute atomic E-state index is 13.3. The quantitative estimate of drug-likeness (QED) is 0.856. The van der Waals surface area contributed by atoms with Gasteiger partial charge in [-0.1, -0.05) is 6.92 Å². The molecule has 5 heteroatoms. The molecule has 0 spiro atoms. The second-order valence-electron chi connectivity index (χ2n) is 6.72. The molecule has 1 aromatic rings. The monoisotopic (exact) mass is 309 g/mol. The third kappa shape index (κ3) is 3.52. The Balaban J connectivity index is 1.60. The number of hydrogen-bond acceptors (Lipinski definition) is 4. The van der Waals surface area contributed by atoms with Crippen molar-refractivity contribution >= 4 is 0 Å². The predicted molar refractivity (Wildman–Crippen MR) is 82.0 cm³/mol. The van der Waals surface area contributed by atoms with E-state index in [1.54, 1.807) is 13.2 Å². The van der Waals surface area contributed by atoms with E-state index < -0.39 is 0 Å². The molecule has 1 saturated heterocycles. The van der Waals surface area contributed by atoms with Crippen LogP contribution in [0.15, 0.2) is 18.2 Å². The number of piperidine rings is 1. The lowest BCUT2D eigenvalue weighted by atomic mass is 9.82. The zero-order valence-corrected chi connectivity index (χ0v) is 13.3. The zero-order chi connectivity index (χ0) is 15.6. The van der Waals surface area contributed by atoms with Gasteiger partial charge in [-0.15, -0.1) is 0 Å². The van der Waals surface area contributed by atoms with Gasteiger partial charge in [0.25, 0.3) is 0 Å². The molecule has 2 aliphatic heterocycles. The van der Waals surface area contributed by atoms with Crippen molar-refractivity contribution in [2.45, 2.75) is 25.9 Å². The van der Waals surface area contributed by atoms with E-state index in [-0.39, 0.29) is 17.3 Å². The normalized spacial score (nSPS) is 28.6. The minimum atomic E-state index is -0.298. The van der Waals surface area contributed by atoms with E-state index in [0.29, 0.717) is 18.1 Å². The summed E-state index contributed by atoms with van der Waals surface area (Å²) in [6.45, 7) is 6.42. The van der Waals surface area contributed by atoms with Crippen molar-refractivity contribution in [2.75, 3.05) is 40.0 Å². The predicted octanol–water partition coefficient (Wildman–Crippen LogP) is 2.71. The molecule has 0 aromatic heterocycles. The highest BCUT2D eigenvalue weighted by Gasteiger charge is 2.33. The van der Waals surface area contributed by atoms with Gasteiger partial charge in [0, 0.05) is 31.7 Å². The number of halogens is 1. The fourth-order valence-electron chi connectivity index (χ4n) is 3.52. The van der Waals surface area contributed by atoms with Crippen LogP contribution in [0, 0.1) is 11.2 Å². The minimum absolute atomic E-state index is 0.0563. The van der Waals surface area contributed by atoms with Gasteiger partial charge in [-0.2, -0.15) is 0 Å². The first-order chi connectivity index (χ1) is 10.6. The van der Waals surface area contributed by atoms with Crippen LogP contribution in [0.2, 0.25) is 0 Å². The van der Waals surface area contributed by atoms with Crippen molar-refractivity contribution in [1.82, 2.24) is 4.90 Å². The van der Waals surface area contributed by atoms with Crippen LogP contribution in [0.4, 0.5) is 4.39 Å². The van der Waals surface area contributed by atoms with E-state index in [1.807, 2.05) is 0 Å². The molecule has 0 unspecified atom stereocenters. The van der Waals surface area contributed by atoms with Crippen molar-refractivity contribution in [3.8, 4) is 11.5 Å². The minimum Gasteiger partial charge on any atom is -0.486 e. The topological polar surface area (TPSA) is 30.9 Å². The maximum atomic E-state index is 13.3. The van der Waals surface area contributed by atoms with Crippen LogP contribution < -0.4 is 9.47 Å². The Morgan fingerprint density at radius 3 is 3.09 bits per heavy atom. The summed E-state index contributed by atoms with van der Waals surface area (Å²) >= 11 is 0. The molecule has 0 aliphatic carbocycles. The van der Waals surface area contributed by atoms with Crippen LogP contribution in [-0.2, 0) is 4.74 Å². The summed E-state index contributed by atoms with van der Waals surface area (Å²) in [4.78, 5) is 2.40. The van der Waals surface area contributed by atoms with Crippen LogP contribution in [0.1, 0.15) is 19.8 Å². The van der Waals surface area contributed by atoms with E-state index in [2.05, 4.69) is 11.8 Å². The molecule has 22 heavy (non-hydrogen) atoms. The molecule has 0 amide bonds. The van der Waals surface area contributed by atoms with E-state index in [1.165, 1.54) is 25.0 Å². The van der Waals surface area contributed by atoms with Crippen molar-refractivity contribution in [3.63, 3.8) is 0 Å². The first kappa shape index (κ1) is 15.6. The smallest absolute Gasteiger partial charge is 0.164 e. The lowest BCUT2D eigenvalue weighted by Crippen LogP contribution is -2.49. The van der Waals surface area contributed by atoms with Crippen molar-refractivity contribution in [3.05, 3.63) is 24.0 Å². The fourth-order valence-corrected chi connectivity index (χ4v) is 3.52. The molecular formula is C17H24FNO3. The third-order valence-electron chi connectivity index (χ3n) is 4.44. The standard InChI is InChI=1S/C17H24FNO3/c1-17(12-20-2)6-3-7-19(11-17)9-14-10-21-15-5-4-13(18)8-16(15)22-14/h4-5,8,14H,3,6-7,9-12H2,1-2H3/t14-,17-/m0/s1. The first-order valence-corrected chi connectivity index (χ1v) is 7.88. The first-order valence-electron chi connectivity index (χ1n) is 7.88. The van der Waals surface area contributed by atoms with Gasteiger partial charge in [0.15, 0.2) is 11.5 Å². The van der Waals surface area contributed by atoms with Gasteiger partial charge in [0.1, 0.15) is 18.5 Å². The number of likely N-dealkylation sites (tertiary alicyclic amines) is 1. The molecular weight excluding hydrogens is 285 g/mol. The molecule has 0 N–H and O–H groups in total. The van der Waals surface area contributed by atoms with Crippen LogP contribution in [-0.4, -0.2) is 51.0 Å². The van der Waals surface area contributed by atoms with Gasteiger partial charge in [0.05, 0.1) is 6.61 Å². The molecule has 2 heterocycles. The summed E-state index contributed by atoms with van der Waals surface area (Å²) in [5, 5.41) is 0. The van der Waals surface area contributed by atoms with Crippen LogP contribution in [0.25, 0.3) is 0 Å². The number of nitrogens with zero attached hydrogens (tertiary/aromatic N) is 1. The fraction of sp³-hybridized carbons (Fsp3) is 0.647. The second-order valence-corrected chi connectivity index (χ2v) is 6.72. The highest BCUT2D eigenvalue weighted by atomic mass is 19.1. The number of benzene rings is 1. The van der Waals surface area contributed by atoms with Gasteiger partial charge in [-0.25, -0.2) is 4.39 Å². The summed E-state index contributed by atoms with van der Waals surface area (Å²) in [5.74, 6) is 0.835. The van der Waals surface area contributed by atoms with Crippen molar-refractivity contribution in [2.24, 2.45) is 5.41 Å². The number of hydrogen-bond donors (Lipinski definition) is 0. The average molecular weight is 309 g/mol. The molecule has 1 aromatic carbocycles. The molecule has 3 rings (SSSR count). The Kier molecular flexibility index (Phi) is 4.54. The molecule has 2 atom stereocenters. The van der Waals surface area contributed by atoms with Gasteiger partial charge < -0.3 is 14.2 Å². The molecule has 0 bridgehead atoms. The summed E-state index contributed by atoms with van der Waals surface area (Å²) in [6.07, 6.45) is 2.30. The van der Waals surface area contributed by atoms with Crippen molar-refractivity contribution < 1.29 is 18.6 Å². The second kappa shape index (κ2) is 6.42. The Bertz CT molecular complexity index is 521. The van der Waals surface area contributed by atoms with Gasteiger partial charge in [-0.3, -0.25) is 4.90 Å². The van der Waals surface area contributed by atoms with Gasteiger partial charge in [-0.05, 0) is 31.5 Å². The maximum Gasteiger partial charge on any atom is 0.164 e. The molecule has 4 nitrogen and oxygen atoms in total. The molecule has 2 aliphatic rings. The highest BCUT2D eigenvalue weighted by molar-refractivity contribution is 5.41. The average Bonchev–Trinajstić information content (AvgIpc) is 2.47. The summed E-state index contributed by atoms with van der Waals surface area (Å²) < 4.78 is 30.3. The van der Waals surface area contributed by atoms with Gasteiger partial charge >= 0.3 is 0 Å². The van der Waals surface area contributed by atoms with Crippen LogP contribution in [0.3, 0.4) is 0 Å². The molecule has 122 valence electrons. The lowest BCUT2D eigenvalue weighted by molar-refractivity contribution is -0.00240. The summed E-state index contributed by atoms with van der Waals surface area (Å²) in [5.41, 5.74) is 0.201. The Labute approximate surface area is 131 Å².